The molecule has 1 aromatic rings. The number of anilines is 1. The molecular formula is C11H17N3. The number of nitrogens with zero attached hydrogens (tertiary/aromatic N) is 1. The Labute approximate surface area is 84.7 Å². The number of pyridine rings is 1. The molecular weight excluding hydrogens is 174 g/mol. The average molecular weight is 191 g/mol. The molecule has 1 aliphatic carbocycles. The Morgan fingerprint density at radius 1 is 1.43 bits per heavy atom. The van der Waals surface area contributed by atoms with E-state index in [1.165, 1.54) is 30.5 Å². The number of nitrogens with two attached hydrogens (primary N) is 1. The van der Waals surface area contributed by atoms with Crippen molar-refractivity contribution in [3.63, 3.8) is 0 Å². The summed E-state index contributed by atoms with van der Waals surface area (Å²) in [7, 11) is 1.90. The number of fused-ring (bicyclic) bond motifs is 1. The first-order valence-electron chi connectivity index (χ1n) is 5.24. The first-order valence-corrected chi connectivity index (χ1v) is 5.24. The van der Waals surface area contributed by atoms with Crippen LogP contribution in [0.4, 0.5) is 5.82 Å². The Hall–Kier alpha value is -1.09. The highest BCUT2D eigenvalue weighted by Crippen LogP contribution is 2.24. The van der Waals surface area contributed by atoms with E-state index in [1.54, 1.807) is 0 Å². The van der Waals surface area contributed by atoms with Crippen LogP contribution in [0.25, 0.3) is 0 Å². The Morgan fingerprint density at radius 3 is 2.93 bits per heavy atom. The van der Waals surface area contributed by atoms with Crippen LogP contribution < -0.4 is 11.1 Å². The van der Waals surface area contributed by atoms with Crippen LogP contribution in [0.5, 0.6) is 0 Å². The minimum Gasteiger partial charge on any atom is -0.373 e. The van der Waals surface area contributed by atoms with Crippen LogP contribution in [0, 0.1) is 0 Å². The number of rotatable bonds is 2. The van der Waals surface area contributed by atoms with Gasteiger partial charge in [0.05, 0.1) is 0 Å². The fraction of sp³-hybridized carbons (Fsp3) is 0.545. The SMILES string of the molecule is CNc1nc2c(cc1CN)CCCC2. The molecule has 1 heterocycles. The number of nitrogens with one attached hydrogen (secondary N) is 1. The van der Waals surface area contributed by atoms with E-state index in [2.05, 4.69) is 16.4 Å². The summed E-state index contributed by atoms with van der Waals surface area (Å²) in [5, 5.41) is 3.11. The van der Waals surface area contributed by atoms with Gasteiger partial charge in [0.2, 0.25) is 0 Å². The van der Waals surface area contributed by atoms with Gasteiger partial charge in [-0.15, -0.1) is 0 Å². The Kier molecular flexibility index (Phi) is 2.68. The van der Waals surface area contributed by atoms with Crippen molar-refractivity contribution < 1.29 is 0 Å². The number of aryl methyl sites for hydroxylation is 2. The summed E-state index contributed by atoms with van der Waals surface area (Å²) in [6, 6.07) is 2.22. The zero-order valence-corrected chi connectivity index (χ0v) is 8.64. The molecule has 76 valence electrons. The predicted molar refractivity (Wildman–Crippen MR) is 58.3 cm³/mol. The second-order valence-electron chi connectivity index (χ2n) is 3.76. The summed E-state index contributed by atoms with van der Waals surface area (Å²) in [4.78, 5) is 4.61. The Balaban J connectivity index is 2.43. The molecule has 0 amide bonds. The second-order valence-corrected chi connectivity index (χ2v) is 3.76. The lowest BCUT2D eigenvalue weighted by atomic mass is 9.95. The molecule has 0 radical (unpaired) electrons. The normalized spacial score (nSPS) is 15.0. The van der Waals surface area contributed by atoms with Crippen molar-refractivity contribution in [2.24, 2.45) is 5.73 Å². The maximum atomic E-state index is 5.68. The molecule has 14 heavy (non-hydrogen) atoms. The largest absolute Gasteiger partial charge is 0.373 e. The van der Waals surface area contributed by atoms with Gasteiger partial charge >= 0.3 is 0 Å². The molecule has 3 nitrogen and oxygen atoms in total. The summed E-state index contributed by atoms with van der Waals surface area (Å²) < 4.78 is 0. The van der Waals surface area contributed by atoms with E-state index in [-0.39, 0.29) is 0 Å². The van der Waals surface area contributed by atoms with Crippen molar-refractivity contribution in [1.29, 1.82) is 0 Å². The van der Waals surface area contributed by atoms with Gasteiger partial charge in [-0.1, -0.05) is 0 Å². The van der Waals surface area contributed by atoms with Crippen molar-refractivity contribution in [2.75, 3.05) is 12.4 Å². The quantitative estimate of drug-likeness (QED) is 0.744. The average Bonchev–Trinajstić information content (AvgIpc) is 2.27. The zero-order chi connectivity index (χ0) is 9.97. The summed E-state index contributed by atoms with van der Waals surface area (Å²) in [5.41, 5.74) is 9.47. The summed E-state index contributed by atoms with van der Waals surface area (Å²) >= 11 is 0. The summed E-state index contributed by atoms with van der Waals surface area (Å²) in [6.45, 7) is 0.566. The molecule has 3 heteroatoms. The molecule has 0 fully saturated rings. The van der Waals surface area contributed by atoms with Crippen molar-refractivity contribution in [2.45, 2.75) is 32.2 Å². The second kappa shape index (κ2) is 3.96. The third-order valence-corrected chi connectivity index (χ3v) is 2.84. The maximum Gasteiger partial charge on any atom is 0.130 e. The van der Waals surface area contributed by atoms with E-state index in [0.29, 0.717) is 6.54 Å². The van der Waals surface area contributed by atoms with E-state index in [1.807, 2.05) is 7.05 Å². The predicted octanol–water partition coefficient (Wildman–Crippen LogP) is 1.46. The summed E-state index contributed by atoms with van der Waals surface area (Å²) in [5.74, 6) is 0.952. The van der Waals surface area contributed by atoms with Gasteiger partial charge in [-0.25, -0.2) is 4.98 Å². The van der Waals surface area contributed by atoms with E-state index in [4.69, 9.17) is 5.73 Å². The monoisotopic (exact) mass is 191 g/mol. The van der Waals surface area contributed by atoms with Crippen molar-refractivity contribution in [1.82, 2.24) is 4.98 Å². The van der Waals surface area contributed by atoms with Crippen molar-refractivity contribution in [3.8, 4) is 0 Å². The van der Waals surface area contributed by atoms with Crippen LogP contribution in [0.1, 0.15) is 29.7 Å². The molecule has 0 bridgehead atoms. The van der Waals surface area contributed by atoms with E-state index in [0.717, 1.165) is 17.8 Å². The lowest BCUT2D eigenvalue weighted by molar-refractivity contribution is 0.666. The van der Waals surface area contributed by atoms with Gasteiger partial charge in [-0.3, -0.25) is 0 Å². The van der Waals surface area contributed by atoms with Crippen molar-refractivity contribution in [3.05, 3.63) is 22.9 Å². The number of hydrogen-bond donors (Lipinski definition) is 2. The van der Waals surface area contributed by atoms with Gasteiger partial charge < -0.3 is 11.1 Å². The standard InChI is InChI=1S/C11H17N3/c1-13-11-9(7-12)6-8-4-2-3-5-10(8)14-11/h6H,2-5,7,12H2,1H3,(H,13,14). The fourth-order valence-electron chi connectivity index (χ4n) is 2.05. The van der Waals surface area contributed by atoms with Gasteiger partial charge in [-0.05, 0) is 37.3 Å². The fourth-order valence-corrected chi connectivity index (χ4v) is 2.05. The first-order chi connectivity index (χ1) is 6.85. The molecule has 1 aromatic heterocycles. The topological polar surface area (TPSA) is 50.9 Å². The molecule has 0 saturated carbocycles. The first kappa shape index (κ1) is 9.46. The molecule has 2 rings (SSSR count). The zero-order valence-electron chi connectivity index (χ0n) is 8.64. The smallest absolute Gasteiger partial charge is 0.130 e. The third kappa shape index (κ3) is 1.60. The molecule has 1 aliphatic rings. The molecule has 0 atom stereocenters. The molecule has 0 aliphatic heterocycles. The van der Waals surface area contributed by atoms with Crippen LogP contribution in [0.15, 0.2) is 6.07 Å². The van der Waals surface area contributed by atoms with Crippen LogP contribution in [-0.4, -0.2) is 12.0 Å². The van der Waals surface area contributed by atoms with Gasteiger partial charge in [-0.2, -0.15) is 0 Å². The van der Waals surface area contributed by atoms with Crippen LogP contribution >= 0.6 is 0 Å². The molecule has 3 N–H and O–H groups in total. The van der Waals surface area contributed by atoms with Gasteiger partial charge in [0.15, 0.2) is 0 Å². The molecule has 0 aromatic carbocycles. The van der Waals surface area contributed by atoms with Crippen molar-refractivity contribution >= 4 is 5.82 Å². The lowest BCUT2D eigenvalue weighted by Gasteiger charge is -2.17. The molecule has 0 saturated heterocycles. The minimum absolute atomic E-state index is 0.566. The van der Waals surface area contributed by atoms with E-state index in [9.17, 15) is 0 Å². The highest BCUT2D eigenvalue weighted by molar-refractivity contribution is 5.47. The Morgan fingerprint density at radius 2 is 2.21 bits per heavy atom. The minimum atomic E-state index is 0.566. The Bertz CT molecular complexity index is 289. The maximum absolute atomic E-state index is 5.68. The molecule has 0 spiro atoms. The van der Waals surface area contributed by atoms with E-state index >= 15 is 0 Å². The van der Waals surface area contributed by atoms with E-state index < -0.39 is 0 Å². The van der Waals surface area contributed by atoms with Crippen LogP contribution in [-0.2, 0) is 19.4 Å². The number of aromatic nitrogens is 1. The molecule has 0 unspecified atom stereocenters. The third-order valence-electron chi connectivity index (χ3n) is 2.84. The van der Waals surface area contributed by atoms with Crippen LogP contribution in [0.2, 0.25) is 0 Å². The van der Waals surface area contributed by atoms with Gasteiger partial charge in [0.25, 0.3) is 0 Å². The highest BCUT2D eigenvalue weighted by Gasteiger charge is 2.13. The van der Waals surface area contributed by atoms with Crippen LogP contribution in [0.3, 0.4) is 0 Å². The lowest BCUT2D eigenvalue weighted by Crippen LogP contribution is -2.11. The summed E-state index contributed by atoms with van der Waals surface area (Å²) in [6.07, 6.45) is 4.84. The number of hydrogen-bond acceptors (Lipinski definition) is 3. The van der Waals surface area contributed by atoms with Gasteiger partial charge in [0, 0.05) is 24.8 Å². The highest BCUT2D eigenvalue weighted by atomic mass is 15.0. The van der Waals surface area contributed by atoms with Gasteiger partial charge in [0.1, 0.15) is 5.82 Å².